The third-order valence-electron chi connectivity index (χ3n) is 2.81. The van der Waals surface area contributed by atoms with Crippen LogP contribution < -0.4 is 0 Å². The van der Waals surface area contributed by atoms with Crippen molar-refractivity contribution >= 4 is 11.9 Å². The summed E-state index contributed by atoms with van der Waals surface area (Å²) in [5.41, 5.74) is 0. The fourth-order valence-corrected chi connectivity index (χ4v) is 2.04. The van der Waals surface area contributed by atoms with Crippen molar-refractivity contribution in [2.24, 2.45) is 5.92 Å². The Morgan fingerprint density at radius 2 is 2.13 bits per heavy atom. The molecule has 0 aliphatic carbocycles. The molecule has 1 amide bonds. The van der Waals surface area contributed by atoms with Crippen LogP contribution in [0.3, 0.4) is 0 Å². The molecular formula is C8H8F3NO3. The predicted octanol–water partition coefficient (Wildman–Crippen LogP) is 0.321. The van der Waals surface area contributed by atoms with Crippen molar-refractivity contribution in [3.8, 4) is 0 Å². The van der Waals surface area contributed by atoms with Crippen molar-refractivity contribution in [3.63, 3.8) is 0 Å². The number of esters is 1. The summed E-state index contributed by atoms with van der Waals surface area (Å²) in [6.07, 6.45) is -5.52. The molecule has 0 aromatic rings. The highest BCUT2D eigenvalue weighted by Gasteiger charge is 2.58. The molecule has 4 nitrogen and oxygen atoms in total. The number of alkyl halides is 3. The molecular weight excluding hydrogens is 215 g/mol. The van der Waals surface area contributed by atoms with E-state index in [1.807, 2.05) is 0 Å². The van der Waals surface area contributed by atoms with E-state index in [9.17, 15) is 22.8 Å². The number of rotatable bonds is 0. The maximum absolute atomic E-state index is 12.1. The molecule has 0 spiro atoms. The van der Waals surface area contributed by atoms with Crippen LogP contribution in [0.2, 0.25) is 0 Å². The molecule has 2 aliphatic heterocycles. The smallest absolute Gasteiger partial charge is 0.459 e. The van der Waals surface area contributed by atoms with Crippen LogP contribution in [-0.2, 0) is 14.3 Å². The monoisotopic (exact) mass is 223 g/mol. The summed E-state index contributed by atoms with van der Waals surface area (Å²) in [5, 5.41) is 0. The lowest BCUT2D eigenvalue weighted by molar-refractivity contribution is -0.191. The van der Waals surface area contributed by atoms with Gasteiger partial charge in [-0.25, -0.2) is 4.79 Å². The maximum atomic E-state index is 12.1. The topological polar surface area (TPSA) is 46.6 Å². The number of amides is 1. The number of morpholine rings is 1. The number of hydrogen-bond acceptors (Lipinski definition) is 3. The van der Waals surface area contributed by atoms with Gasteiger partial charge in [-0.2, -0.15) is 13.2 Å². The molecule has 0 saturated carbocycles. The van der Waals surface area contributed by atoms with Crippen molar-refractivity contribution in [1.82, 2.24) is 4.90 Å². The highest BCUT2D eigenvalue weighted by atomic mass is 19.4. The second kappa shape index (κ2) is 2.86. The molecule has 84 valence electrons. The van der Waals surface area contributed by atoms with Crippen LogP contribution in [0.15, 0.2) is 0 Å². The van der Waals surface area contributed by atoms with Gasteiger partial charge in [0.25, 0.3) is 0 Å². The first-order chi connectivity index (χ1) is 6.82. The summed E-state index contributed by atoms with van der Waals surface area (Å²) < 4.78 is 41.2. The van der Waals surface area contributed by atoms with Gasteiger partial charge in [0, 0.05) is 5.92 Å². The number of carbonyl (C=O) groups is 2. The quantitative estimate of drug-likeness (QED) is 0.555. The highest BCUT2D eigenvalue weighted by molar-refractivity contribution is 5.90. The second-order valence-corrected chi connectivity index (χ2v) is 3.73. The van der Waals surface area contributed by atoms with Gasteiger partial charge in [-0.15, -0.1) is 0 Å². The van der Waals surface area contributed by atoms with E-state index in [0.717, 1.165) is 0 Å². The first kappa shape index (κ1) is 10.3. The Morgan fingerprint density at radius 3 is 2.53 bits per heavy atom. The number of nitrogens with zero attached hydrogens (tertiary/aromatic N) is 1. The zero-order valence-corrected chi connectivity index (χ0v) is 7.75. The SMILES string of the molecule is C[C@H]1[C@@H]2CN(C(=O)C(F)(F)F)[C@H]1C(=O)O2. The summed E-state index contributed by atoms with van der Waals surface area (Å²) >= 11 is 0. The number of carbonyl (C=O) groups excluding carboxylic acids is 2. The highest BCUT2D eigenvalue weighted by Crippen LogP contribution is 2.36. The van der Waals surface area contributed by atoms with E-state index in [-0.39, 0.29) is 12.5 Å². The van der Waals surface area contributed by atoms with Crippen molar-refractivity contribution in [2.75, 3.05) is 6.54 Å². The van der Waals surface area contributed by atoms with E-state index in [0.29, 0.717) is 4.90 Å². The number of ether oxygens (including phenoxy) is 1. The van der Waals surface area contributed by atoms with Gasteiger partial charge >= 0.3 is 18.1 Å². The zero-order chi connectivity index (χ0) is 11.4. The summed E-state index contributed by atoms with van der Waals surface area (Å²) in [5.74, 6) is -3.06. The predicted molar refractivity (Wildman–Crippen MR) is 40.6 cm³/mol. The average Bonchev–Trinajstić information content (AvgIpc) is 2.54. The lowest BCUT2D eigenvalue weighted by Crippen LogP contribution is -2.50. The summed E-state index contributed by atoms with van der Waals surface area (Å²) in [7, 11) is 0. The molecule has 2 aliphatic rings. The van der Waals surface area contributed by atoms with E-state index in [4.69, 9.17) is 4.74 Å². The van der Waals surface area contributed by atoms with E-state index in [1.54, 1.807) is 6.92 Å². The van der Waals surface area contributed by atoms with Crippen molar-refractivity contribution in [3.05, 3.63) is 0 Å². The van der Waals surface area contributed by atoms with Crippen LogP contribution in [0.5, 0.6) is 0 Å². The molecule has 0 aromatic carbocycles. The summed E-state index contributed by atoms with van der Waals surface area (Å²) in [4.78, 5) is 22.6. The van der Waals surface area contributed by atoms with Crippen molar-refractivity contribution in [2.45, 2.75) is 25.2 Å². The van der Waals surface area contributed by atoms with E-state index < -0.39 is 30.2 Å². The van der Waals surface area contributed by atoms with Crippen LogP contribution in [0, 0.1) is 5.92 Å². The van der Waals surface area contributed by atoms with Gasteiger partial charge in [0.15, 0.2) is 0 Å². The summed E-state index contributed by atoms with van der Waals surface area (Å²) in [6.45, 7) is 1.44. The third-order valence-corrected chi connectivity index (χ3v) is 2.81. The van der Waals surface area contributed by atoms with E-state index in [2.05, 4.69) is 0 Å². The lowest BCUT2D eigenvalue weighted by atomic mass is 10.0. The minimum atomic E-state index is -4.93. The molecule has 0 unspecified atom stereocenters. The molecule has 2 heterocycles. The lowest BCUT2D eigenvalue weighted by Gasteiger charge is -2.26. The molecule has 2 fully saturated rings. The number of hydrogen-bond donors (Lipinski definition) is 0. The fraction of sp³-hybridized carbons (Fsp3) is 0.750. The van der Waals surface area contributed by atoms with Gasteiger partial charge in [-0.1, -0.05) is 6.92 Å². The Labute approximate surface area is 83.0 Å². The van der Waals surface area contributed by atoms with Gasteiger partial charge in [0.05, 0.1) is 6.54 Å². The molecule has 3 atom stereocenters. The maximum Gasteiger partial charge on any atom is 0.471 e. The minimum absolute atomic E-state index is 0.157. The second-order valence-electron chi connectivity index (χ2n) is 3.73. The van der Waals surface area contributed by atoms with Gasteiger partial charge < -0.3 is 9.64 Å². The molecule has 7 heteroatoms. The number of likely N-dealkylation sites (tertiary alicyclic amines) is 1. The van der Waals surface area contributed by atoms with E-state index in [1.165, 1.54) is 0 Å². The van der Waals surface area contributed by atoms with Gasteiger partial charge in [0.2, 0.25) is 0 Å². The number of halogens is 3. The average molecular weight is 223 g/mol. The molecule has 2 bridgehead atoms. The largest absolute Gasteiger partial charge is 0.471 e. The minimum Gasteiger partial charge on any atom is -0.459 e. The van der Waals surface area contributed by atoms with Crippen LogP contribution in [0.4, 0.5) is 13.2 Å². The molecule has 0 N–H and O–H groups in total. The molecule has 2 saturated heterocycles. The Morgan fingerprint density at radius 1 is 1.53 bits per heavy atom. The van der Waals surface area contributed by atoms with E-state index >= 15 is 0 Å². The molecule has 15 heavy (non-hydrogen) atoms. The Balaban J connectivity index is 2.21. The molecule has 0 aromatic heterocycles. The van der Waals surface area contributed by atoms with Gasteiger partial charge in [0.1, 0.15) is 12.1 Å². The van der Waals surface area contributed by atoms with Crippen LogP contribution >= 0.6 is 0 Å². The third kappa shape index (κ3) is 1.37. The Kier molecular flexibility index (Phi) is 1.96. The van der Waals surface area contributed by atoms with Gasteiger partial charge in [-0.05, 0) is 0 Å². The Hall–Kier alpha value is -1.27. The summed E-state index contributed by atoms with van der Waals surface area (Å²) in [6, 6.07) is -1.07. The van der Waals surface area contributed by atoms with Crippen LogP contribution in [-0.4, -0.2) is 41.6 Å². The van der Waals surface area contributed by atoms with Crippen LogP contribution in [0.25, 0.3) is 0 Å². The zero-order valence-electron chi connectivity index (χ0n) is 7.75. The fourth-order valence-electron chi connectivity index (χ4n) is 2.04. The normalized spacial score (nSPS) is 34.5. The van der Waals surface area contributed by atoms with Crippen molar-refractivity contribution in [1.29, 1.82) is 0 Å². The number of fused-ring (bicyclic) bond motifs is 2. The first-order valence-electron chi connectivity index (χ1n) is 4.40. The Bertz CT molecular complexity index is 328. The standard InChI is InChI=1S/C8H8F3NO3/c1-3-4-2-12(5(3)6(13)15-4)7(14)8(9,10)11/h3-5H,2H2,1H3/t3-,4-,5+/m0/s1. The first-order valence-corrected chi connectivity index (χ1v) is 4.40. The van der Waals surface area contributed by atoms with Gasteiger partial charge in [-0.3, -0.25) is 4.79 Å². The van der Waals surface area contributed by atoms with Crippen LogP contribution in [0.1, 0.15) is 6.92 Å². The van der Waals surface area contributed by atoms with Crippen molar-refractivity contribution < 1.29 is 27.5 Å². The molecule has 0 radical (unpaired) electrons. The molecule has 2 rings (SSSR count).